The summed E-state index contributed by atoms with van der Waals surface area (Å²) in [6.45, 7) is 0. The molecule has 0 aliphatic carbocycles. The van der Waals surface area contributed by atoms with E-state index in [1.807, 2.05) is 0 Å². The van der Waals surface area contributed by atoms with Gasteiger partial charge in [-0.3, -0.25) is 4.57 Å². The SMILES string of the molecule is O=P1(O)CC1. The number of hydrogen-bond acceptors (Lipinski definition) is 1. The Morgan fingerprint density at radius 1 is 1.60 bits per heavy atom. The quantitative estimate of drug-likeness (QED) is 0.435. The second-order valence-corrected chi connectivity index (χ2v) is 3.88. The Kier molecular flexibility index (Phi) is 0.430. The van der Waals surface area contributed by atoms with Gasteiger partial charge in [0.1, 0.15) is 0 Å². The van der Waals surface area contributed by atoms with Crippen LogP contribution in [0.4, 0.5) is 0 Å². The van der Waals surface area contributed by atoms with Crippen molar-refractivity contribution < 1.29 is 9.46 Å². The molecule has 1 rings (SSSR count). The molecule has 1 aliphatic heterocycles. The molecule has 0 atom stereocenters. The minimum Gasteiger partial charge on any atom is -0.344 e. The van der Waals surface area contributed by atoms with E-state index in [0.717, 1.165) is 0 Å². The van der Waals surface area contributed by atoms with Crippen LogP contribution in [0.3, 0.4) is 0 Å². The summed E-state index contributed by atoms with van der Waals surface area (Å²) in [6, 6.07) is 0. The van der Waals surface area contributed by atoms with Gasteiger partial charge in [-0.2, -0.15) is 0 Å². The van der Waals surface area contributed by atoms with Gasteiger partial charge in [-0.25, -0.2) is 0 Å². The second kappa shape index (κ2) is 0.636. The van der Waals surface area contributed by atoms with Crippen molar-refractivity contribution >= 4 is 7.37 Å². The highest BCUT2D eigenvalue weighted by Crippen LogP contribution is 2.55. The fraction of sp³-hybridized carbons (Fsp3) is 1.00. The van der Waals surface area contributed by atoms with Gasteiger partial charge in [0.2, 0.25) is 7.37 Å². The molecule has 5 heavy (non-hydrogen) atoms. The molecule has 30 valence electrons. The van der Waals surface area contributed by atoms with Gasteiger partial charge in [0.05, 0.1) is 0 Å². The summed E-state index contributed by atoms with van der Waals surface area (Å²) in [6.07, 6.45) is 1.12. The summed E-state index contributed by atoms with van der Waals surface area (Å²) in [5.41, 5.74) is 0. The number of hydrogen-bond donors (Lipinski definition) is 1. The van der Waals surface area contributed by atoms with Crippen LogP contribution in [0.1, 0.15) is 0 Å². The van der Waals surface area contributed by atoms with Gasteiger partial charge in [0.15, 0.2) is 0 Å². The maximum absolute atomic E-state index is 9.88. The monoisotopic (exact) mass is 92.0 g/mol. The maximum atomic E-state index is 9.88. The fourth-order valence-corrected chi connectivity index (χ4v) is 0.770. The average molecular weight is 92.0 g/mol. The van der Waals surface area contributed by atoms with Crippen LogP contribution in [-0.4, -0.2) is 17.2 Å². The predicted octanol–water partition coefficient (Wildman–Crippen LogP) is 0.270. The molecule has 3 heteroatoms. The molecule has 0 amide bonds. The fourth-order valence-electron chi connectivity index (χ4n) is 0.0855. The molecule has 1 N–H and O–H groups in total. The predicted molar refractivity (Wildman–Crippen MR) is 19.6 cm³/mol. The molecular weight excluding hydrogens is 87.0 g/mol. The van der Waals surface area contributed by atoms with Crippen LogP contribution in [0.15, 0.2) is 0 Å². The van der Waals surface area contributed by atoms with Crippen molar-refractivity contribution in [2.24, 2.45) is 0 Å². The van der Waals surface area contributed by atoms with E-state index in [2.05, 4.69) is 0 Å². The highest BCUT2D eigenvalue weighted by Gasteiger charge is 2.32. The largest absolute Gasteiger partial charge is 0.344 e. The molecule has 0 spiro atoms. The third kappa shape index (κ3) is 0.746. The van der Waals surface area contributed by atoms with Gasteiger partial charge in [-0.15, -0.1) is 0 Å². The summed E-state index contributed by atoms with van der Waals surface area (Å²) in [5.74, 6) is 0. The maximum Gasteiger partial charge on any atom is 0.201 e. The molecule has 1 heterocycles. The van der Waals surface area contributed by atoms with Crippen molar-refractivity contribution in [3.05, 3.63) is 0 Å². The lowest BCUT2D eigenvalue weighted by atomic mass is 11.0. The van der Waals surface area contributed by atoms with Crippen molar-refractivity contribution in [1.82, 2.24) is 0 Å². The summed E-state index contributed by atoms with van der Waals surface area (Å²) in [7, 11) is -2.39. The van der Waals surface area contributed by atoms with Gasteiger partial charge in [-0.1, -0.05) is 0 Å². The first kappa shape index (κ1) is 3.38. The Balaban J connectivity index is 2.72. The first-order valence-corrected chi connectivity index (χ1v) is 3.55. The van der Waals surface area contributed by atoms with Crippen molar-refractivity contribution in [3.63, 3.8) is 0 Å². The molecular formula is C2H5O2P. The van der Waals surface area contributed by atoms with Gasteiger partial charge in [0, 0.05) is 12.3 Å². The van der Waals surface area contributed by atoms with E-state index in [9.17, 15) is 4.57 Å². The first-order valence-electron chi connectivity index (χ1n) is 1.52. The molecule has 0 bridgehead atoms. The molecule has 0 radical (unpaired) electrons. The van der Waals surface area contributed by atoms with Crippen LogP contribution in [0.2, 0.25) is 0 Å². The van der Waals surface area contributed by atoms with E-state index in [1.54, 1.807) is 0 Å². The zero-order valence-electron chi connectivity index (χ0n) is 2.72. The third-order valence-electron chi connectivity index (χ3n) is 0.606. The summed E-state index contributed by atoms with van der Waals surface area (Å²) in [5, 5.41) is 0. The Bertz CT molecular complexity index is 79.6. The van der Waals surface area contributed by atoms with E-state index in [-0.39, 0.29) is 0 Å². The highest BCUT2D eigenvalue weighted by atomic mass is 31.2. The Hall–Kier alpha value is 0.190. The standard InChI is InChI=1S/C2H5O2P/c3-5(4)1-2-5/h1-2H2,(H,3,4). The van der Waals surface area contributed by atoms with Gasteiger partial charge in [-0.05, 0) is 0 Å². The molecule has 0 aromatic carbocycles. The van der Waals surface area contributed by atoms with E-state index in [4.69, 9.17) is 4.89 Å². The van der Waals surface area contributed by atoms with Crippen LogP contribution >= 0.6 is 7.37 Å². The van der Waals surface area contributed by atoms with Crippen LogP contribution in [0, 0.1) is 0 Å². The van der Waals surface area contributed by atoms with Crippen LogP contribution in [-0.2, 0) is 4.57 Å². The topological polar surface area (TPSA) is 37.3 Å². The lowest BCUT2D eigenvalue weighted by Crippen LogP contribution is -1.38. The zero-order chi connectivity index (χ0) is 3.91. The summed E-state index contributed by atoms with van der Waals surface area (Å²) >= 11 is 0. The Morgan fingerprint density at radius 2 is 1.80 bits per heavy atom. The van der Waals surface area contributed by atoms with Crippen LogP contribution in [0.25, 0.3) is 0 Å². The van der Waals surface area contributed by atoms with E-state index in [0.29, 0.717) is 12.3 Å². The normalized spacial score (nSPS) is 29.8. The van der Waals surface area contributed by atoms with Crippen molar-refractivity contribution in [3.8, 4) is 0 Å². The van der Waals surface area contributed by atoms with E-state index >= 15 is 0 Å². The first-order chi connectivity index (χ1) is 2.21. The van der Waals surface area contributed by atoms with Gasteiger partial charge in [0.25, 0.3) is 0 Å². The lowest BCUT2D eigenvalue weighted by Gasteiger charge is -1.66. The molecule has 0 aromatic rings. The van der Waals surface area contributed by atoms with Gasteiger partial charge >= 0.3 is 0 Å². The van der Waals surface area contributed by atoms with E-state index in [1.165, 1.54) is 0 Å². The second-order valence-electron chi connectivity index (χ2n) is 1.29. The van der Waals surface area contributed by atoms with Gasteiger partial charge < -0.3 is 4.89 Å². The molecule has 1 aliphatic rings. The number of rotatable bonds is 0. The smallest absolute Gasteiger partial charge is 0.201 e. The Labute approximate surface area is 30.3 Å². The van der Waals surface area contributed by atoms with Crippen molar-refractivity contribution in [2.75, 3.05) is 12.3 Å². The highest BCUT2D eigenvalue weighted by molar-refractivity contribution is 7.65. The minimum atomic E-state index is -2.39. The minimum absolute atomic E-state index is 0.562. The summed E-state index contributed by atoms with van der Waals surface area (Å²) < 4.78 is 9.88. The molecule has 0 aromatic heterocycles. The average Bonchev–Trinajstić information content (AvgIpc) is 1.76. The molecule has 0 unspecified atom stereocenters. The van der Waals surface area contributed by atoms with Crippen LogP contribution in [0.5, 0.6) is 0 Å². The van der Waals surface area contributed by atoms with E-state index < -0.39 is 7.37 Å². The molecule has 2 nitrogen and oxygen atoms in total. The van der Waals surface area contributed by atoms with Crippen molar-refractivity contribution in [1.29, 1.82) is 0 Å². The zero-order valence-corrected chi connectivity index (χ0v) is 3.61. The molecule has 1 saturated heterocycles. The van der Waals surface area contributed by atoms with Crippen molar-refractivity contribution in [2.45, 2.75) is 0 Å². The lowest BCUT2D eigenvalue weighted by molar-refractivity contribution is 0.503. The third-order valence-corrected chi connectivity index (χ3v) is 1.82. The molecule has 1 fully saturated rings. The molecule has 0 saturated carbocycles. The van der Waals surface area contributed by atoms with Crippen LogP contribution < -0.4 is 0 Å². The summed E-state index contributed by atoms with van der Waals surface area (Å²) in [4.78, 5) is 8.19. The Morgan fingerprint density at radius 3 is 1.80 bits per heavy atom.